The van der Waals surface area contributed by atoms with Gasteiger partial charge in [0.15, 0.2) is 0 Å². The molecule has 1 heterocycles. The van der Waals surface area contributed by atoms with E-state index in [9.17, 15) is 14.0 Å². The van der Waals surface area contributed by atoms with Gasteiger partial charge in [-0.15, -0.1) is 0 Å². The number of nitrogens with zero attached hydrogens (tertiary/aromatic N) is 1. The summed E-state index contributed by atoms with van der Waals surface area (Å²) >= 11 is 5.74. The third-order valence-electron chi connectivity index (χ3n) is 2.68. The summed E-state index contributed by atoms with van der Waals surface area (Å²) in [7, 11) is 0. The molecular formula is C11H9ClFNO3. The Bertz CT molecular complexity index is 486. The molecule has 17 heavy (non-hydrogen) atoms. The second kappa shape index (κ2) is 4.33. The number of carbonyl (C=O) groups excluding carboxylic acids is 1. The van der Waals surface area contributed by atoms with Crippen LogP contribution in [0.3, 0.4) is 0 Å². The van der Waals surface area contributed by atoms with Crippen LogP contribution in [0.4, 0.5) is 4.39 Å². The Morgan fingerprint density at radius 2 is 2.06 bits per heavy atom. The molecule has 1 amide bonds. The minimum absolute atomic E-state index is 0.0359. The molecule has 1 N–H and O–H groups in total. The largest absolute Gasteiger partial charge is 0.481 e. The third-order valence-corrected chi connectivity index (χ3v) is 2.99. The summed E-state index contributed by atoms with van der Waals surface area (Å²) in [4.78, 5) is 23.8. The summed E-state index contributed by atoms with van der Waals surface area (Å²) < 4.78 is 12.8. The van der Waals surface area contributed by atoms with Crippen LogP contribution in [0.1, 0.15) is 10.4 Å². The van der Waals surface area contributed by atoms with E-state index < -0.39 is 17.7 Å². The molecular weight excluding hydrogens is 249 g/mol. The average Bonchev–Trinajstić information content (AvgIpc) is 2.13. The Kier molecular flexibility index (Phi) is 3.02. The maximum absolute atomic E-state index is 12.8. The van der Waals surface area contributed by atoms with Crippen molar-refractivity contribution in [2.24, 2.45) is 5.92 Å². The second-order valence-corrected chi connectivity index (χ2v) is 4.28. The van der Waals surface area contributed by atoms with Crippen molar-refractivity contribution in [3.8, 4) is 0 Å². The number of carboxylic acid groups (broad SMARTS) is 1. The van der Waals surface area contributed by atoms with Gasteiger partial charge in [-0.05, 0) is 18.2 Å². The van der Waals surface area contributed by atoms with Gasteiger partial charge in [0.1, 0.15) is 5.82 Å². The molecule has 2 rings (SSSR count). The predicted molar refractivity (Wildman–Crippen MR) is 58.4 cm³/mol. The number of benzene rings is 1. The molecule has 1 aliphatic heterocycles. The molecule has 0 saturated carbocycles. The zero-order valence-electron chi connectivity index (χ0n) is 8.69. The van der Waals surface area contributed by atoms with Crippen LogP contribution in [0.25, 0.3) is 0 Å². The van der Waals surface area contributed by atoms with Crippen LogP contribution in [0.5, 0.6) is 0 Å². The first-order valence-electron chi connectivity index (χ1n) is 4.96. The van der Waals surface area contributed by atoms with Gasteiger partial charge in [-0.1, -0.05) is 11.6 Å². The van der Waals surface area contributed by atoms with Crippen molar-refractivity contribution < 1.29 is 19.1 Å². The molecule has 1 aromatic rings. The van der Waals surface area contributed by atoms with Crippen LogP contribution >= 0.6 is 11.6 Å². The predicted octanol–water partition coefficient (Wildman–Crippen LogP) is 1.64. The highest BCUT2D eigenvalue weighted by atomic mass is 35.5. The quantitative estimate of drug-likeness (QED) is 0.876. The molecule has 4 nitrogen and oxygen atoms in total. The summed E-state index contributed by atoms with van der Waals surface area (Å²) in [5.41, 5.74) is 0.192. The van der Waals surface area contributed by atoms with Crippen molar-refractivity contribution in [2.45, 2.75) is 0 Å². The molecule has 1 saturated heterocycles. The van der Waals surface area contributed by atoms with Gasteiger partial charge in [0.2, 0.25) is 0 Å². The van der Waals surface area contributed by atoms with Crippen molar-refractivity contribution in [1.29, 1.82) is 0 Å². The van der Waals surface area contributed by atoms with Crippen LogP contribution < -0.4 is 0 Å². The van der Waals surface area contributed by atoms with Gasteiger partial charge in [-0.25, -0.2) is 4.39 Å². The SMILES string of the molecule is O=C(O)C1CN(C(=O)c2ccc(F)cc2Cl)C1. The monoisotopic (exact) mass is 257 g/mol. The minimum Gasteiger partial charge on any atom is -0.481 e. The highest BCUT2D eigenvalue weighted by molar-refractivity contribution is 6.33. The molecule has 6 heteroatoms. The topological polar surface area (TPSA) is 57.6 Å². The number of hydrogen-bond acceptors (Lipinski definition) is 2. The van der Waals surface area contributed by atoms with Gasteiger partial charge in [-0.2, -0.15) is 0 Å². The van der Waals surface area contributed by atoms with Crippen molar-refractivity contribution in [1.82, 2.24) is 4.90 Å². The van der Waals surface area contributed by atoms with E-state index >= 15 is 0 Å². The number of carboxylic acids is 1. The van der Waals surface area contributed by atoms with Gasteiger partial charge in [0.05, 0.1) is 16.5 Å². The van der Waals surface area contributed by atoms with E-state index in [1.807, 2.05) is 0 Å². The Labute approximate surface area is 102 Å². The van der Waals surface area contributed by atoms with Crippen LogP contribution in [0.2, 0.25) is 5.02 Å². The van der Waals surface area contributed by atoms with E-state index in [1.165, 1.54) is 11.0 Å². The Morgan fingerprint density at radius 3 is 2.59 bits per heavy atom. The molecule has 90 valence electrons. The smallest absolute Gasteiger partial charge is 0.310 e. The molecule has 0 bridgehead atoms. The fraction of sp³-hybridized carbons (Fsp3) is 0.273. The number of hydrogen-bond donors (Lipinski definition) is 1. The van der Waals surface area contributed by atoms with E-state index in [-0.39, 0.29) is 29.6 Å². The van der Waals surface area contributed by atoms with E-state index in [0.717, 1.165) is 12.1 Å². The van der Waals surface area contributed by atoms with Gasteiger partial charge in [0, 0.05) is 13.1 Å². The van der Waals surface area contributed by atoms with Crippen LogP contribution in [-0.2, 0) is 4.79 Å². The van der Waals surface area contributed by atoms with Crippen LogP contribution in [0, 0.1) is 11.7 Å². The lowest BCUT2D eigenvalue weighted by Crippen LogP contribution is -2.53. The fourth-order valence-corrected chi connectivity index (χ4v) is 1.88. The first-order valence-corrected chi connectivity index (χ1v) is 5.34. The summed E-state index contributed by atoms with van der Waals surface area (Å²) in [5.74, 6) is -2.32. The lowest BCUT2D eigenvalue weighted by Gasteiger charge is -2.36. The first-order chi connectivity index (χ1) is 7.99. The normalized spacial score (nSPS) is 15.5. The summed E-state index contributed by atoms with van der Waals surface area (Å²) in [6, 6.07) is 3.50. The highest BCUT2D eigenvalue weighted by Crippen LogP contribution is 2.23. The number of halogens is 2. The lowest BCUT2D eigenvalue weighted by atomic mass is 9.99. The number of likely N-dealkylation sites (tertiary alicyclic amines) is 1. The van der Waals surface area contributed by atoms with E-state index in [0.29, 0.717) is 0 Å². The van der Waals surface area contributed by atoms with E-state index in [2.05, 4.69) is 0 Å². The third kappa shape index (κ3) is 2.24. The lowest BCUT2D eigenvalue weighted by molar-refractivity contribution is -0.146. The molecule has 1 fully saturated rings. The Balaban J connectivity index is 2.09. The number of carbonyl (C=O) groups is 2. The van der Waals surface area contributed by atoms with Crippen molar-refractivity contribution in [3.63, 3.8) is 0 Å². The first kappa shape index (κ1) is 11.9. The number of amides is 1. The molecule has 0 aromatic heterocycles. The summed E-state index contributed by atoms with van der Waals surface area (Å²) in [5, 5.41) is 8.72. The summed E-state index contributed by atoms with van der Waals surface area (Å²) in [6.45, 7) is 0.337. The molecule has 0 spiro atoms. The van der Waals surface area contributed by atoms with Gasteiger partial charge >= 0.3 is 5.97 Å². The van der Waals surface area contributed by atoms with Crippen molar-refractivity contribution in [2.75, 3.05) is 13.1 Å². The van der Waals surface area contributed by atoms with Crippen LogP contribution in [0.15, 0.2) is 18.2 Å². The molecule has 0 unspecified atom stereocenters. The van der Waals surface area contributed by atoms with Crippen LogP contribution in [-0.4, -0.2) is 35.0 Å². The van der Waals surface area contributed by atoms with Gasteiger partial charge in [0.25, 0.3) is 5.91 Å². The minimum atomic E-state index is -0.917. The maximum Gasteiger partial charge on any atom is 0.310 e. The molecule has 0 aliphatic carbocycles. The van der Waals surface area contributed by atoms with Gasteiger partial charge in [-0.3, -0.25) is 9.59 Å². The zero-order valence-corrected chi connectivity index (χ0v) is 9.45. The Morgan fingerprint density at radius 1 is 1.41 bits per heavy atom. The van der Waals surface area contributed by atoms with E-state index in [4.69, 9.17) is 16.7 Å². The van der Waals surface area contributed by atoms with Crippen molar-refractivity contribution in [3.05, 3.63) is 34.6 Å². The maximum atomic E-state index is 12.8. The average molecular weight is 258 g/mol. The highest BCUT2D eigenvalue weighted by Gasteiger charge is 2.36. The number of aliphatic carboxylic acids is 1. The molecule has 1 aliphatic rings. The number of rotatable bonds is 2. The molecule has 1 aromatic carbocycles. The van der Waals surface area contributed by atoms with Crippen molar-refractivity contribution >= 4 is 23.5 Å². The van der Waals surface area contributed by atoms with Gasteiger partial charge < -0.3 is 10.0 Å². The second-order valence-electron chi connectivity index (χ2n) is 3.87. The standard InChI is InChI=1S/C11H9ClFNO3/c12-9-3-7(13)1-2-8(9)10(15)14-4-6(5-14)11(16)17/h1-3,6H,4-5H2,(H,16,17). The summed E-state index contributed by atoms with van der Waals surface area (Å²) in [6.07, 6.45) is 0. The molecule has 0 radical (unpaired) electrons. The molecule has 0 atom stereocenters. The zero-order chi connectivity index (χ0) is 12.6. The fourth-order valence-electron chi connectivity index (χ4n) is 1.63. The van der Waals surface area contributed by atoms with E-state index in [1.54, 1.807) is 0 Å². The Hall–Kier alpha value is -1.62.